The van der Waals surface area contributed by atoms with E-state index in [4.69, 9.17) is 22.1 Å². The van der Waals surface area contributed by atoms with Gasteiger partial charge in [-0.25, -0.2) is 4.98 Å². The standard InChI is InChI=1S/C10H15ClN2O3/c1-16-10-7(11)4-6(5-13-10)9(15)8(14)2-3-12/h4-5,8-9,14-15H,2-3,12H2,1H3. The van der Waals surface area contributed by atoms with Crippen molar-refractivity contribution in [3.63, 3.8) is 0 Å². The van der Waals surface area contributed by atoms with Crippen molar-refractivity contribution in [3.8, 4) is 5.88 Å². The highest BCUT2D eigenvalue weighted by atomic mass is 35.5. The molecule has 0 saturated carbocycles. The molecule has 1 aromatic heterocycles. The van der Waals surface area contributed by atoms with Gasteiger partial charge in [-0.3, -0.25) is 0 Å². The van der Waals surface area contributed by atoms with E-state index in [1.54, 1.807) is 0 Å². The summed E-state index contributed by atoms with van der Waals surface area (Å²) in [5.41, 5.74) is 5.72. The van der Waals surface area contributed by atoms with E-state index in [1.807, 2.05) is 0 Å². The van der Waals surface area contributed by atoms with Gasteiger partial charge in [0.1, 0.15) is 11.1 Å². The molecule has 0 spiro atoms. The molecule has 2 atom stereocenters. The Hall–Kier alpha value is -0.880. The van der Waals surface area contributed by atoms with Crippen LogP contribution in [0.5, 0.6) is 5.88 Å². The lowest BCUT2D eigenvalue weighted by atomic mass is 10.0. The minimum absolute atomic E-state index is 0.283. The SMILES string of the molecule is COc1ncc(C(O)C(O)CCN)cc1Cl. The lowest BCUT2D eigenvalue weighted by Crippen LogP contribution is -2.21. The average molecular weight is 247 g/mol. The predicted octanol–water partition coefficient (Wildman–Crippen LogP) is 0.487. The van der Waals surface area contributed by atoms with E-state index >= 15 is 0 Å². The number of nitrogens with zero attached hydrogens (tertiary/aromatic N) is 1. The molecule has 0 aliphatic carbocycles. The zero-order chi connectivity index (χ0) is 12.1. The van der Waals surface area contributed by atoms with Crippen LogP contribution in [0.15, 0.2) is 12.3 Å². The van der Waals surface area contributed by atoms with Crippen molar-refractivity contribution in [1.82, 2.24) is 4.98 Å². The van der Waals surface area contributed by atoms with Crippen molar-refractivity contribution in [3.05, 3.63) is 22.8 Å². The number of aromatic nitrogens is 1. The summed E-state index contributed by atoms with van der Waals surface area (Å²) in [5, 5.41) is 19.6. The minimum Gasteiger partial charge on any atom is -0.480 e. The van der Waals surface area contributed by atoms with Crippen LogP contribution in [0.1, 0.15) is 18.1 Å². The maximum absolute atomic E-state index is 9.76. The zero-order valence-electron chi connectivity index (χ0n) is 8.93. The minimum atomic E-state index is -1.04. The molecule has 0 radical (unpaired) electrons. The Labute approximate surface area is 98.8 Å². The number of aliphatic hydroxyl groups is 2. The number of pyridine rings is 1. The smallest absolute Gasteiger partial charge is 0.232 e. The molecule has 90 valence electrons. The number of aliphatic hydroxyl groups excluding tert-OH is 2. The molecule has 0 amide bonds. The van der Waals surface area contributed by atoms with Crippen molar-refractivity contribution < 1.29 is 14.9 Å². The number of nitrogens with two attached hydrogens (primary N) is 1. The predicted molar refractivity (Wildman–Crippen MR) is 60.4 cm³/mol. The number of hydrogen-bond acceptors (Lipinski definition) is 5. The van der Waals surface area contributed by atoms with Gasteiger partial charge in [-0.05, 0) is 19.0 Å². The number of methoxy groups -OCH3 is 1. The molecule has 0 aliphatic rings. The molecule has 16 heavy (non-hydrogen) atoms. The molecule has 5 nitrogen and oxygen atoms in total. The van der Waals surface area contributed by atoms with Gasteiger partial charge in [0.2, 0.25) is 5.88 Å². The molecule has 2 unspecified atom stereocenters. The summed E-state index contributed by atoms with van der Waals surface area (Å²) in [6, 6.07) is 1.51. The molecule has 1 aromatic rings. The molecule has 0 aromatic carbocycles. The molecule has 0 aliphatic heterocycles. The first-order chi connectivity index (χ1) is 7.60. The average Bonchev–Trinajstić information content (AvgIpc) is 2.28. The van der Waals surface area contributed by atoms with Crippen LogP contribution in [-0.2, 0) is 0 Å². The van der Waals surface area contributed by atoms with Crippen molar-refractivity contribution in [2.75, 3.05) is 13.7 Å². The number of hydrogen-bond donors (Lipinski definition) is 3. The maximum Gasteiger partial charge on any atom is 0.232 e. The third-order valence-electron chi connectivity index (χ3n) is 2.19. The second-order valence-electron chi connectivity index (χ2n) is 3.35. The second kappa shape index (κ2) is 6.00. The van der Waals surface area contributed by atoms with Gasteiger partial charge in [0.05, 0.1) is 13.2 Å². The maximum atomic E-state index is 9.76. The van der Waals surface area contributed by atoms with E-state index in [1.165, 1.54) is 19.4 Å². The van der Waals surface area contributed by atoms with Gasteiger partial charge in [-0.1, -0.05) is 11.6 Å². The van der Waals surface area contributed by atoms with Gasteiger partial charge in [0, 0.05) is 11.8 Å². The van der Waals surface area contributed by atoms with E-state index in [0.717, 1.165) is 0 Å². The molecule has 6 heteroatoms. The third kappa shape index (κ3) is 3.05. The van der Waals surface area contributed by atoms with Crippen molar-refractivity contribution >= 4 is 11.6 Å². The van der Waals surface area contributed by atoms with E-state index in [-0.39, 0.29) is 5.88 Å². The van der Waals surface area contributed by atoms with Crippen molar-refractivity contribution in [2.24, 2.45) is 5.73 Å². The third-order valence-corrected chi connectivity index (χ3v) is 2.46. The van der Waals surface area contributed by atoms with Crippen LogP contribution in [0.3, 0.4) is 0 Å². The fraction of sp³-hybridized carbons (Fsp3) is 0.500. The Morgan fingerprint density at radius 2 is 2.25 bits per heavy atom. The Kier molecular flexibility index (Phi) is 4.95. The summed E-state index contributed by atoms with van der Waals surface area (Å²) in [7, 11) is 1.45. The summed E-state index contributed by atoms with van der Waals surface area (Å²) in [6.07, 6.45) is -0.240. The van der Waals surface area contributed by atoms with E-state index < -0.39 is 12.2 Å². The van der Waals surface area contributed by atoms with Gasteiger partial charge in [-0.15, -0.1) is 0 Å². The summed E-state index contributed by atoms with van der Waals surface area (Å²) < 4.78 is 4.88. The number of rotatable bonds is 5. The van der Waals surface area contributed by atoms with Crippen LogP contribution in [0.2, 0.25) is 5.02 Å². The lowest BCUT2D eigenvalue weighted by Gasteiger charge is -2.17. The molecular weight excluding hydrogens is 232 g/mol. The van der Waals surface area contributed by atoms with Crippen molar-refractivity contribution in [1.29, 1.82) is 0 Å². The monoisotopic (exact) mass is 246 g/mol. The largest absolute Gasteiger partial charge is 0.480 e. The highest BCUT2D eigenvalue weighted by Gasteiger charge is 2.19. The van der Waals surface area contributed by atoms with E-state index in [2.05, 4.69) is 4.98 Å². The normalized spacial score (nSPS) is 14.6. The topological polar surface area (TPSA) is 88.6 Å². The first-order valence-electron chi connectivity index (χ1n) is 4.85. The van der Waals surface area contributed by atoms with Crippen LogP contribution < -0.4 is 10.5 Å². The summed E-state index contributed by atoms with van der Waals surface area (Å²) >= 11 is 5.85. The Morgan fingerprint density at radius 3 is 2.75 bits per heavy atom. The van der Waals surface area contributed by atoms with Crippen LogP contribution in [0, 0.1) is 0 Å². The number of ether oxygens (including phenoxy) is 1. The fourth-order valence-corrected chi connectivity index (χ4v) is 1.55. The van der Waals surface area contributed by atoms with E-state index in [0.29, 0.717) is 23.6 Å². The summed E-state index contributed by atoms with van der Waals surface area (Å²) in [5.74, 6) is 0.283. The van der Waals surface area contributed by atoms with Gasteiger partial charge >= 0.3 is 0 Å². The molecule has 4 N–H and O–H groups in total. The zero-order valence-corrected chi connectivity index (χ0v) is 9.68. The number of halogens is 1. The van der Waals surface area contributed by atoms with Gasteiger partial charge < -0.3 is 20.7 Å². The lowest BCUT2D eigenvalue weighted by molar-refractivity contribution is 0.0148. The van der Waals surface area contributed by atoms with Gasteiger partial charge in [-0.2, -0.15) is 0 Å². The quantitative estimate of drug-likeness (QED) is 0.704. The molecular formula is C10H15ClN2O3. The van der Waals surface area contributed by atoms with Crippen LogP contribution >= 0.6 is 11.6 Å². The second-order valence-corrected chi connectivity index (χ2v) is 3.76. The molecule has 0 bridgehead atoms. The van der Waals surface area contributed by atoms with Gasteiger partial charge in [0.25, 0.3) is 0 Å². The first kappa shape index (κ1) is 13.2. The highest BCUT2D eigenvalue weighted by molar-refractivity contribution is 6.31. The Morgan fingerprint density at radius 1 is 1.56 bits per heavy atom. The highest BCUT2D eigenvalue weighted by Crippen LogP contribution is 2.26. The Balaban J connectivity index is 2.84. The van der Waals surface area contributed by atoms with Crippen LogP contribution in [0.25, 0.3) is 0 Å². The first-order valence-corrected chi connectivity index (χ1v) is 5.23. The van der Waals surface area contributed by atoms with Crippen LogP contribution in [-0.4, -0.2) is 35.0 Å². The summed E-state index contributed by atoms with van der Waals surface area (Å²) in [4.78, 5) is 3.90. The van der Waals surface area contributed by atoms with E-state index in [9.17, 15) is 10.2 Å². The summed E-state index contributed by atoms with van der Waals surface area (Å²) in [6.45, 7) is 0.301. The molecule has 1 heterocycles. The molecule has 1 rings (SSSR count). The van der Waals surface area contributed by atoms with Gasteiger partial charge in [0.15, 0.2) is 0 Å². The fourth-order valence-electron chi connectivity index (χ4n) is 1.30. The van der Waals surface area contributed by atoms with Crippen LogP contribution in [0.4, 0.5) is 0 Å². The molecule has 0 saturated heterocycles. The molecule has 0 fully saturated rings. The Bertz CT molecular complexity index is 349. The van der Waals surface area contributed by atoms with Crippen molar-refractivity contribution in [2.45, 2.75) is 18.6 Å².